The smallest absolute Gasteiger partial charge is 0.311 e. The first-order chi connectivity index (χ1) is 17.0. The summed E-state index contributed by atoms with van der Waals surface area (Å²) in [5.74, 6) is 0.624. The fourth-order valence-corrected chi connectivity index (χ4v) is 4.51. The van der Waals surface area contributed by atoms with Gasteiger partial charge in [-0.2, -0.15) is 10.2 Å². The normalized spacial score (nSPS) is 11.9. The van der Waals surface area contributed by atoms with Crippen LogP contribution in [0.3, 0.4) is 0 Å². The second-order valence-electron chi connectivity index (χ2n) is 8.63. The van der Waals surface area contributed by atoms with E-state index in [1.165, 1.54) is 0 Å². The molecule has 186 valence electrons. The fourth-order valence-electron chi connectivity index (χ4n) is 3.75. The number of sulfonamides is 1. The third kappa shape index (κ3) is 5.41. The van der Waals surface area contributed by atoms with Gasteiger partial charge in [0.05, 0.1) is 22.7 Å². The molecule has 0 unspecified atom stereocenters. The number of oxazole rings is 1. The summed E-state index contributed by atoms with van der Waals surface area (Å²) in [7, 11) is -3.52. The van der Waals surface area contributed by atoms with Crippen LogP contribution in [0, 0.1) is 11.3 Å². The topological polar surface area (TPSA) is 118 Å². The van der Waals surface area contributed by atoms with Crippen LogP contribution in [0.1, 0.15) is 30.5 Å². The maximum Gasteiger partial charge on any atom is 0.311 e. The summed E-state index contributed by atoms with van der Waals surface area (Å²) in [4.78, 5) is 8.41. The number of alkyl halides is 1. The van der Waals surface area contributed by atoms with Crippen molar-refractivity contribution in [3.63, 3.8) is 0 Å². The first-order valence-electron chi connectivity index (χ1n) is 10.8. The highest BCUT2D eigenvalue weighted by Gasteiger charge is 2.26. The number of hydrogen-bond donors (Lipinski definition) is 1. The van der Waals surface area contributed by atoms with Crippen LogP contribution in [0.4, 0.5) is 6.01 Å². The van der Waals surface area contributed by atoms with Crippen molar-refractivity contribution >= 4 is 50.5 Å². The number of nitriles is 1. The van der Waals surface area contributed by atoms with Crippen LogP contribution in [-0.2, 0) is 15.4 Å². The van der Waals surface area contributed by atoms with Crippen LogP contribution in [0.25, 0.3) is 22.4 Å². The van der Waals surface area contributed by atoms with E-state index in [9.17, 15) is 13.7 Å². The van der Waals surface area contributed by atoms with E-state index in [4.69, 9.17) is 32.4 Å². The summed E-state index contributed by atoms with van der Waals surface area (Å²) in [5.41, 5.74) is 4.11. The largest absolute Gasteiger partial charge is 0.489 e. The molecule has 0 aliphatic rings. The van der Waals surface area contributed by atoms with E-state index < -0.39 is 15.4 Å². The average Bonchev–Trinajstić information content (AvgIpc) is 3.22. The van der Waals surface area contributed by atoms with Crippen molar-refractivity contribution in [3.05, 3.63) is 70.4 Å². The lowest BCUT2D eigenvalue weighted by Gasteiger charge is -2.27. The van der Waals surface area contributed by atoms with Gasteiger partial charge in [0.25, 0.3) is 0 Å². The number of rotatable bonds is 8. The standard InChI is InChI=1S/C25H22Cl2N4O4S/c1-25(2,19-10-16(13-28)22(20(27)12-19)34-9-8-26)18-6-4-15(5-7-18)17-11-21-23(29-14-17)35-24(30-21)31-36(3,32)33/h4-7,10-12,14H,8-9H2,1-3H3,(H,30,31). The molecule has 0 saturated heterocycles. The molecule has 0 saturated carbocycles. The van der Waals surface area contributed by atoms with Gasteiger partial charge >= 0.3 is 6.01 Å². The average molecular weight is 545 g/mol. The van der Waals surface area contributed by atoms with Crippen molar-refractivity contribution in [2.75, 3.05) is 23.5 Å². The number of halogens is 2. The molecule has 0 atom stereocenters. The SMILES string of the molecule is CC(C)(c1ccc(-c2cnc3oc(NS(C)(=O)=O)nc3c2)cc1)c1cc(Cl)c(OCCCl)c(C#N)c1. The van der Waals surface area contributed by atoms with Gasteiger partial charge in [-0.05, 0) is 34.9 Å². The van der Waals surface area contributed by atoms with Crippen molar-refractivity contribution in [2.45, 2.75) is 19.3 Å². The lowest BCUT2D eigenvalue weighted by atomic mass is 9.77. The highest BCUT2D eigenvalue weighted by molar-refractivity contribution is 7.91. The molecule has 1 N–H and O–H groups in total. The molecule has 2 aromatic heterocycles. The molecule has 0 fully saturated rings. The van der Waals surface area contributed by atoms with Gasteiger partial charge in [-0.1, -0.05) is 49.7 Å². The van der Waals surface area contributed by atoms with E-state index in [-0.39, 0.29) is 18.3 Å². The first-order valence-corrected chi connectivity index (χ1v) is 13.6. The molecule has 2 aromatic carbocycles. The van der Waals surface area contributed by atoms with Crippen LogP contribution in [0.15, 0.2) is 53.1 Å². The fraction of sp³-hybridized carbons (Fsp3) is 0.240. The third-order valence-electron chi connectivity index (χ3n) is 5.67. The molecule has 0 spiro atoms. The molecule has 8 nitrogen and oxygen atoms in total. The molecule has 0 aliphatic carbocycles. The predicted octanol–water partition coefficient (Wildman–Crippen LogP) is 5.73. The van der Waals surface area contributed by atoms with Gasteiger partial charge in [-0.3, -0.25) is 0 Å². The Morgan fingerprint density at radius 3 is 2.50 bits per heavy atom. The molecular formula is C25H22Cl2N4O4S. The summed E-state index contributed by atoms with van der Waals surface area (Å²) in [5, 5.41) is 9.98. The van der Waals surface area contributed by atoms with Crippen molar-refractivity contribution in [1.82, 2.24) is 9.97 Å². The molecule has 0 bridgehead atoms. The summed E-state index contributed by atoms with van der Waals surface area (Å²) in [6.07, 6.45) is 2.65. The zero-order valence-corrected chi connectivity index (χ0v) is 22.0. The molecule has 36 heavy (non-hydrogen) atoms. The van der Waals surface area contributed by atoms with Gasteiger partial charge in [0.2, 0.25) is 15.7 Å². The van der Waals surface area contributed by atoms with Gasteiger partial charge in [-0.15, -0.1) is 11.6 Å². The lowest BCUT2D eigenvalue weighted by Crippen LogP contribution is -2.19. The Balaban J connectivity index is 1.63. The molecular weight excluding hydrogens is 523 g/mol. The molecule has 4 rings (SSSR count). The summed E-state index contributed by atoms with van der Waals surface area (Å²) < 4.78 is 36.0. The number of ether oxygens (including phenoxy) is 1. The van der Waals surface area contributed by atoms with E-state index in [1.807, 2.05) is 44.2 Å². The number of anilines is 1. The minimum atomic E-state index is -3.52. The summed E-state index contributed by atoms with van der Waals surface area (Å²) in [6, 6.07) is 15.3. The van der Waals surface area contributed by atoms with Crippen LogP contribution in [0.2, 0.25) is 5.02 Å². The molecule has 0 aliphatic heterocycles. The number of benzene rings is 2. The number of fused-ring (bicyclic) bond motifs is 1. The summed E-state index contributed by atoms with van der Waals surface area (Å²) >= 11 is 12.2. The molecule has 4 aromatic rings. The van der Waals surface area contributed by atoms with Gasteiger partial charge in [0.1, 0.15) is 18.2 Å². The van der Waals surface area contributed by atoms with Crippen LogP contribution >= 0.6 is 23.2 Å². The van der Waals surface area contributed by atoms with Crippen LogP contribution in [0.5, 0.6) is 5.75 Å². The third-order valence-corrected chi connectivity index (χ3v) is 6.65. The molecule has 0 amide bonds. The number of nitrogens with zero attached hydrogens (tertiary/aromatic N) is 3. The Morgan fingerprint density at radius 1 is 1.14 bits per heavy atom. The Bertz CT molecular complexity index is 1580. The number of pyridine rings is 1. The maximum atomic E-state index is 11.4. The summed E-state index contributed by atoms with van der Waals surface area (Å²) in [6.45, 7) is 4.35. The zero-order chi connectivity index (χ0) is 26.1. The Hall–Kier alpha value is -3.32. The maximum absolute atomic E-state index is 11.4. The molecule has 0 radical (unpaired) electrons. The van der Waals surface area contributed by atoms with Crippen LogP contribution in [-0.4, -0.2) is 37.1 Å². The number of aromatic nitrogens is 2. The van der Waals surface area contributed by atoms with Crippen molar-refractivity contribution in [2.24, 2.45) is 0 Å². The van der Waals surface area contributed by atoms with Crippen molar-refractivity contribution < 1.29 is 17.6 Å². The predicted molar refractivity (Wildman–Crippen MR) is 140 cm³/mol. The van der Waals surface area contributed by atoms with Gasteiger partial charge in [0, 0.05) is 17.2 Å². The first kappa shape index (κ1) is 25.8. The second kappa shape index (κ2) is 9.97. The monoisotopic (exact) mass is 544 g/mol. The molecule has 2 heterocycles. The minimum absolute atomic E-state index is 0.135. The van der Waals surface area contributed by atoms with E-state index in [2.05, 4.69) is 20.8 Å². The van der Waals surface area contributed by atoms with E-state index >= 15 is 0 Å². The Kier molecular flexibility index (Phi) is 7.14. The highest BCUT2D eigenvalue weighted by atomic mass is 35.5. The van der Waals surface area contributed by atoms with E-state index in [0.29, 0.717) is 27.7 Å². The van der Waals surface area contributed by atoms with E-state index in [0.717, 1.165) is 28.5 Å². The number of nitrogens with one attached hydrogen (secondary N) is 1. The van der Waals surface area contributed by atoms with Gasteiger partial charge in [-0.25, -0.2) is 18.1 Å². The van der Waals surface area contributed by atoms with Gasteiger partial charge in [0.15, 0.2) is 5.75 Å². The quantitative estimate of drug-likeness (QED) is 0.281. The minimum Gasteiger partial charge on any atom is -0.489 e. The van der Waals surface area contributed by atoms with Crippen LogP contribution < -0.4 is 9.46 Å². The second-order valence-corrected chi connectivity index (χ2v) is 11.2. The zero-order valence-electron chi connectivity index (χ0n) is 19.7. The Labute approximate surface area is 218 Å². The number of hydrogen-bond acceptors (Lipinski definition) is 7. The highest BCUT2D eigenvalue weighted by Crippen LogP contribution is 2.39. The molecule has 11 heteroatoms. The van der Waals surface area contributed by atoms with Gasteiger partial charge < -0.3 is 9.15 Å². The van der Waals surface area contributed by atoms with Crippen molar-refractivity contribution in [3.8, 4) is 22.9 Å². The van der Waals surface area contributed by atoms with Crippen molar-refractivity contribution in [1.29, 1.82) is 5.26 Å². The lowest BCUT2D eigenvalue weighted by molar-refractivity contribution is 0.341. The van der Waals surface area contributed by atoms with E-state index in [1.54, 1.807) is 18.3 Å². The Morgan fingerprint density at radius 2 is 1.86 bits per heavy atom.